The van der Waals surface area contributed by atoms with Crippen LogP contribution in [0.25, 0.3) is 0 Å². The van der Waals surface area contributed by atoms with Crippen LogP contribution in [0, 0.1) is 12.7 Å². The highest BCUT2D eigenvalue weighted by Gasteiger charge is 2.39. The molecule has 1 aromatic heterocycles. The fourth-order valence-electron chi connectivity index (χ4n) is 4.09. The average Bonchev–Trinajstić information content (AvgIpc) is 3.22. The number of halogens is 1. The van der Waals surface area contributed by atoms with E-state index in [9.17, 15) is 9.18 Å². The molecule has 1 aromatic carbocycles. The van der Waals surface area contributed by atoms with Crippen LogP contribution in [0.2, 0.25) is 0 Å². The molecule has 0 radical (unpaired) electrons. The van der Waals surface area contributed by atoms with Gasteiger partial charge in [-0.05, 0) is 50.9 Å². The quantitative estimate of drug-likeness (QED) is 0.933. The van der Waals surface area contributed by atoms with Crippen molar-refractivity contribution < 1.29 is 9.18 Å². The summed E-state index contributed by atoms with van der Waals surface area (Å²) in [5, 5.41) is 7.41. The predicted octanol–water partition coefficient (Wildman–Crippen LogP) is 2.84. The van der Waals surface area contributed by atoms with E-state index in [2.05, 4.69) is 21.2 Å². The van der Waals surface area contributed by atoms with E-state index >= 15 is 0 Å². The molecule has 2 fully saturated rings. The Balaban J connectivity index is 1.49. The Morgan fingerprint density at radius 1 is 1.24 bits per heavy atom. The van der Waals surface area contributed by atoms with Crippen LogP contribution < -0.4 is 4.90 Å². The summed E-state index contributed by atoms with van der Waals surface area (Å²) in [7, 11) is 0. The second kappa shape index (κ2) is 6.59. The van der Waals surface area contributed by atoms with Crippen molar-refractivity contribution in [3.8, 4) is 0 Å². The Morgan fingerprint density at radius 3 is 2.84 bits per heavy atom. The number of H-pyrrole nitrogens is 1. The predicted molar refractivity (Wildman–Crippen MR) is 94.0 cm³/mol. The summed E-state index contributed by atoms with van der Waals surface area (Å²) in [6.07, 6.45) is 2.90. The molecule has 2 aliphatic heterocycles. The molecule has 132 valence electrons. The summed E-state index contributed by atoms with van der Waals surface area (Å²) >= 11 is 0. The number of aromatic amines is 1. The van der Waals surface area contributed by atoms with Gasteiger partial charge >= 0.3 is 0 Å². The van der Waals surface area contributed by atoms with Gasteiger partial charge in [0.25, 0.3) is 0 Å². The molecule has 5 nitrogen and oxygen atoms in total. The van der Waals surface area contributed by atoms with Gasteiger partial charge in [0.1, 0.15) is 5.82 Å². The highest BCUT2D eigenvalue weighted by Crippen LogP contribution is 2.32. The first-order chi connectivity index (χ1) is 12.1. The first-order valence-electron chi connectivity index (χ1n) is 8.95. The van der Waals surface area contributed by atoms with Crippen molar-refractivity contribution in [2.75, 3.05) is 24.5 Å². The van der Waals surface area contributed by atoms with Gasteiger partial charge in [-0.2, -0.15) is 5.10 Å². The fourth-order valence-corrected chi connectivity index (χ4v) is 4.09. The number of hydrogen-bond donors (Lipinski definition) is 1. The van der Waals surface area contributed by atoms with Crippen molar-refractivity contribution in [3.05, 3.63) is 47.5 Å². The van der Waals surface area contributed by atoms with Crippen molar-refractivity contribution in [2.45, 2.75) is 38.1 Å². The minimum absolute atomic E-state index is 0.0176. The minimum atomic E-state index is -0.333. The molecule has 0 aliphatic carbocycles. The summed E-state index contributed by atoms with van der Waals surface area (Å²) in [4.78, 5) is 16.8. The van der Waals surface area contributed by atoms with E-state index in [4.69, 9.17) is 0 Å². The van der Waals surface area contributed by atoms with Crippen molar-refractivity contribution in [1.29, 1.82) is 0 Å². The molecule has 1 N–H and O–H groups in total. The number of nitrogens with zero attached hydrogens (tertiary/aromatic N) is 3. The van der Waals surface area contributed by atoms with Crippen LogP contribution >= 0.6 is 0 Å². The Morgan fingerprint density at radius 2 is 2.08 bits per heavy atom. The highest BCUT2D eigenvalue weighted by atomic mass is 19.1. The number of likely N-dealkylation sites (tertiary alicyclic amines) is 1. The molecule has 0 saturated carbocycles. The Hall–Kier alpha value is -2.21. The fraction of sp³-hybridized carbons (Fsp3) is 0.474. The highest BCUT2D eigenvalue weighted by molar-refractivity contribution is 5.99. The van der Waals surface area contributed by atoms with Crippen molar-refractivity contribution >= 4 is 11.6 Å². The number of hydrogen-bond acceptors (Lipinski definition) is 3. The van der Waals surface area contributed by atoms with E-state index in [1.165, 1.54) is 6.07 Å². The zero-order valence-corrected chi connectivity index (χ0v) is 14.4. The number of aryl methyl sites for hydroxylation is 1. The normalized spacial score (nSPS) is 24.9. The van der Waals surface area contributed by atoms with Crippen LogP contribution in [0.1, 0.15) is 36.6 Å². The summed E-state index contributed by atoms with van der Waals surface area (Å²) in [5.74, 6) is 0.0398. The molecule has 6 heteroatoms. The van der Waals surface area contributed by atoms with E-state index in [0.717, 1.165) is 43.7 Å². The van der Waals surface area contributed by atoms with Crippen LogP contribution in [0.4, 0.5) is 10.1 Å². The van der Waals surface area contributed by atoms with Gasteiger partial charge in [0.05, 0.1) is 17.4 Å². The zero-order chi connectivity index (χ0) is 17.4. The smallest absolute Gasteiger partial charge is 0.244 e. The summed E-state index contributed by atoms with van der Waals surface area (Å²) < 4.78 is 14.1. The second-order valence-electron chi connectivity index (χ2n) is 7.06. The Labute approximate surface area is 146 Å². The SMILES string of the molecule is Cc1cc([C@H]2CCCN([C@@H]3CCN(c4ccccc4F)C3=O)C2)n[nH]1. The number of nitrogens with one attached hydrogen (secondary N) is 1. The first kappa shape index (κ1) is 16.3. The van der Waals surface area contributed by atoms with E-state index in [1.54, 1.807) is 23.1 Å². The molecular formula is C19H23FN4O. The van der Waals surface area contributed by atoms with Gasteiger partial charge in [-0.15, -0.1) is 0 Å². The van der Waals surface area contributed by atoms with E-state index in [-0.39, 0.29) is 17.8 Å². The summed E-state index contributed by atoms with van der Waals surface area (Å²) in [6.45, 7) is 4.34. The molecule has 0 unspecified atom stereocenters. The van der Waals surface area contributed by atoms with Gasteiger partial charge in [0.15, 0.2) is 0 Å². The molecule has 0 bridgehead atoms. The van der Waals surface area contributed by atoms with Crippen molar-refractivity contribution in [2.24, 2.45) is 0 Å². The number of para-hydroxylation sites is 1. The Kier molecular flexibility index (Phi) is 4.29. The standard InChI is InChI=1S/C19H23FN4O/c1-13-11-16(22-21-13)14-5-4-9-23(12-14)18-8-10-24(19(18)25)17-7-3-2-6-15(17)20/h2-3,6-7,11,14,18H,4-5,8-10,12H2,1H3,(H,21,22)/t14-,18+/m0/s1. The monoisotopic (exact) mass is 342 g/mol. The van der Waals surface area contributed by atoms with Gasteiger partial charge in [0.2, 0.25) is 5.91 Å². The molecule has 0 spiro atoms. The number of aromatic nitrogens is 2. The third-order valence-electron chi connectivity index (χ3n) is 5.36. The Bertz CT molecular complexity index is 774. The molecule has 2 saturated heterocycles. The lowest BCUT2D eigenvalue weighted by atomic mass is 9.93. The number of carbonyl (C=O) groups is 1. The molecule has 1 amide bonds. The lowest BCUT2D eigenvalue weighted by Crippen LogP contribution is -2.46. The number of rotatable bonds is 3. The number of anilines is 1. The van der Waals surface area contributed by atoms with Crippen LogP contribution in [0.5, 0.6) is 0 Å². The van der Waals surface area contributed by atoms with Gasteiger partial charge in [-0.25, -0.2) is 4.39 Å². The first-order valence-corrected chi connectivity index (χ1v) is 8.95. The number of piperidine rings is 1. The van der Waals surface area contributed by atoms with E-state index in [1.807, 2.05) is 6.92 Å². The lowest BCUT2D eigenvalue weighted by Gasteiger charge is -2.35. The van der Waals surface area contributed by atoms with E-state index in [0.29, 0.717) is 18.2 Å². The van der Waals surface area contributed by atoms with Crippen LogP contribution in [0.15, 0.2) is 30.3 Å². The molecule has 2 aliphatic rings. The van der Waals surface area contributed by atoms with E-state index < -0.39 is 0 Å². The third kappa shape index (κ3) is 3.06. The second-order valence-corrected chi connectivity index (χ2v) is 7.06. The number of benzene rings is 1. The maximum Gasteiger partial charge on any atom is 0.244 e. The van der Waals surface area contributed by atoms with Crippen LogP contribution in [0.3, 0.4) is 0 Å². The van der Waals surface area contributed by atoms with Crippen LogP contribution in [-0.2, 0) is 4.79 Å². The van der Waals surface area contributed by atoms with Crippen molar-refractivity contribution in [1.82, 2.24) is 15.1 Å². The minimum Gasteiger partial charge on any atom is -0.308 e. The van der Waals surface area contributed by atoms with Gasteiger partial charge in [-0.1, -0.05) is 12.1 Å². The summed E-state index contributed by atoms with van der Waals surface area (Å²) in [6, 6.07) is 8.46. The molecule has 3 heterocycles. The maximum atomic E-state index is 14.1. The van der Waals surface area contributed by atoms with Gasteiger partial charge < -0.3 is 4.90 Å². The third-order valence-corrected chi connectivity index (χ3v) is 5.36. The van der Waals surface area contributed by atoms with Crippen LogP contribution in [-0.4, -0.2) is 46.7 Å². The summed E-state index contributed by atoms with van der Waals surface area (Å²) in [5.41, 5.74) is 2.54. The lowest BCUT2D eigenvalue weighted by molar-refractivity contribution is -0.122. The topological polar surface area (TPSA) is 52.2 Å². The molecule has 2 aromatic rings. The van der Waals surface area contributed by atoms with Gasteiger partial charge in [0, 0.05) is 24.7 Å². The number of amides is 1. The molecule has 2 atom stereocenters. The average molecular weight is 342 g/mol. The molecule has 4 rings (SSSR count). The molecule has 25 heavy (non-hydrogen) atoms. The maximum absolute atomic E-state index is 14.1. The van der Waals surface area contributed by atoms with Crippen molar-refractivity contribution in [3.63, 3.8) is 0 Å². The largest absolute Gasteiger partial charge is 0.308 e. The number of carbonyl (C=O) groups excluding carboxylic acids is 1. The zero-order valence-electron chi connectivity index (χ0n) is 14.4. The van der Waals surface area contributed by atoms with Gasteiger partial charge in [-0.3, -0.25) is 14.8 Å². The molecular weight excluding hydrogens is 319 g/mol.